The molecular weight excluding hydrogens is 228 g/mol. The zero-order chi connectivity index (χ0) is 13.8. The minimum absolute atomic E-state index is 0.127. The minimum Gasteiger partial charge on any atom is -0.467 e. The molecule has 102 valence electrons. The van der Waals surface area contributed by atoms with Crippen LogP contribution in [0, 0.1) is 0 Å². The van der Waals surface area contributed by atoms with Crippen LogP contribution in [0.1, 0.15) is 27.7 Å². The van der Waals surface area contributed by atoms with E-state index in [1.807, 2.05) is 6.92 Å². The number of carbonyl (C=O) groups is 2. The normalized spacial score (nSPS) is 12.8. The number of methoxy groups -OCH3 is 1. The highest BCUT2D eigenvalue weighted by Gasteiger charge is 2.05. The van der Waals surface area contributed by atoms with Crippen LogP contribution in [0.15, 0.2) is 0 Å². The van der Waals surface area contributed by atoms with Crippen LogP contribution in [0.3, 0.4) is 0 Å². The number of esters is 2. The molecule has 1 N–H and O–H groups in total. The first-order valence-corrected chi connectivity index (χ1v) is 5.35. The van der Waals surface area contributed by atoms with Crippen molar-refractivity contribution in [3.63, 3.8) is 0 Å². The quantitative estimate of drug-likeness (QED) is 0.716. The van der Waals surface area contributed by atoms with Gasteiger partial charge in [0.05, 0.1) is 13.7 Å². The van der Waals surface area contributed by atoms with Crippen LogP contribution < -0.4 is 0 Å². The van der Waals surface area contributed by atoms with Gasteiger partial charge in [0.15, 0.2) is 0 Å². The molecule has 0 saturated carbocycles. The van der Waals surface area contributed by atoms with Gasteiger partial charge in [-0.2, -0.15) is 0 Å². The number of hydrogen-bond donors (Lipinski definition) is 1. The molecule has 6 heteroatoms. The van der Waals surface area contributed by atoms with Crippen molar-refractivity contribution >= 4 is 11.9 Å². The lowest BCUT2D eigenvalue weighted by Crippen LogP contribution is -2.18. The molecule has 2 unspecified atom stereocenters. The average molecular weight is 250 g/mol. The highest BCUT2D eigenvalue weighted by molar-refractivity contribution is 5.73. The highest BCUT2D eigenvalue weighted by Crippen LogP contribution is 1.91. The summed E-state index contributed by atoms with van der Waals surface area (Å²) in [4.78, 5) is 20.4. The molecule has 0 heterocycles. The summed E-state index contributed by atoms with van der Waals surface area (Å²) < 4.78 is 13.9. The Labute approximate surface area is 102 Å². The molecule has 0 spiro atoms. The van der Waals surface area contributed by atoms with Crippen LogP contribution in [0.5, 0.6) is 0 Å². The number of aliphatic hydroxyl groups is 1. The summed E-state index contributed by atoms with van der Waals surface area (Å²) in [5.41, 5.74) is 0. The molecule has 0 aliphatic rings. The van der Waals surface area contributed by atoms with Gasteiger partial charge >= 0.3 is 11.9 Å². The van der Waals surface area contributed by atoms with E-state index in [2.05, 4.69) is 4.74 Å². The molecule has 0 amide bonds. The Morgan fingerprint density at radius 2 is 1.82 bits per heavy atom. The number of rotatable bonds is 5. The van der Waals surface area contributed by atoms with Gasteiger partial charge < -0.3 is 19.3 Å². The topological polar surface area (TPSA) is 82.1 Å². The molecular formula is C11H22O6. The predicted octanol–water partition coefficient (Wildman–Crippen LogP) is 0.515. The van der Waals surface area contributed by atoms with E-state index in [0.717, 1.165) is 0 Å². The number of hydrogen-bond acceptors (Lipinski definition) is 6. The highest BCUT2D eigenvalue weighted by atomic mass is 16.6. The molecule has 0 radical (unpaired) electrons. The van der Waals surface area contributed by atoms with Crippen molar-refractivity contribution < 1.29 is 28.9 Å². The summed E-state index contributed by atoms with van der Waals surface area (Å²) in [7, 11) is 1.23. The maximum absolute atomic E-state index is 10.3. The molecule has 0 saturated heterocycles. The fourth-order valence-corrected chi connectivity index (χ4v) is 0.772. The first-order valence-electron chi connectivity index (χ1n) is 5.35. The fourth-order valence-electron chi connectivity index (χ4n) is 0.772. The number of carbonyl (C=O) groups excluding carboxylic acids is 2. The third-order valence-electron chi connectivity index (χ3n) is 1.47. The molecule has 6 nitrogen and oxygen atoms in total. The first kappa shape index (κ1) is 18.2. The molecule has 0 aliphatic carbocycles. The van der Waals surface area contributed by atoms with Gasteiger partial charge in [-0.3, -0.25) is 4.79 Å². The van der Waals surface area contributed by atoms with Gasteiger partial charge in [-0.25, -0.2) is 4.79 Å². The average Bonchev–Trinajstić information content (AvgIpc) is 2.25. The first-order chi connectivity index (χ1) is 7.84. The molecule has 0 fully saturated rings. The second-order valence-electron chi connectivity index (χ2n) is 3.28. The zero-order valence-corrected chi connectivity index (χ0v) is 11.1. The number of ether oxygens (including phenoxy) is 3. The van der Waals surface area contributed by atoms with Gasteiger partial charge in [-0.05, 0) is 20.8 Å². The lowest BCUT2D eigenvalue weighted by atomic mass is 10.4. The zero-order valence-electron chi connectivity index (χ0n) is 11.1. The molecule has 0 aromatic carbocycles. The third-order valence-corrected chi connectivity index (χ3v) is 1.47. The molecule has 17 heavy (non-hydrogen) atoms. The Hall–Kier alpha value is -1.14. The van der Waals surface area contributed by atoms with Gasteiger partial charge in [0, 0.05) is 13.5 Å². The van der Waals surface area contributed by atoms with Crippen molar-refractivity contribution in [2.24, 2.45) is 0 Å². The van der Waals surface area contributed by atoms with E-state index in [1.54, 1.807) is 6.92 Å². The van der Waals surface area contributed by atoms with Crippen LogP contribution in [0.25, 0.3) is 0 Å². The summed E-state index contributed by atoms with van der Waals surface area (Å²) >= 11 is 0. The van der Waals surface area contributed by atoms with E-state index in [0.29, 0.717) is 13.2 Å². The molecule has 2 atom stereocenters. The summed E-state index contributed by atoms with van der Waals surface area (Å²) in [5.74, 6) is -0.854. The third kappa shape index (κ3) is 14.9. The summed E-state index contributed by atoms with van der Waals surface area (Å²) in [5, 5.41) is 8.35. The van der Waals surface area contributed by atoms with E-state index in [4.69, 9.17) is 14.6 Å². The smallest absolute Gasteiger partial charge is 0.334 e. The largest absolute Gasteiger partial charge is 0.467 e. The standard InChI is InChI=1S/C7H14O3.C4H8O3/c1-4-9-5-6(2)10-7(3)8;1-3(5)4(6)7-2/h6H,4-5H2,1-3H3;3,5H,1-2H3. The monoisotopic (exact) mass is 250 g/mol. The molecule has 0 rings (SSSR count). The van der Waals surface area contributed by atoms with Gasteiger partial charge in [0.1, 0.15) is 12.2 Å². The summed E-state index contributed by atoms with van der Waals surface area (Å²) in [6.45, 7) is 7.59. The molecule has 0 aromatic heterocycles. The SMILES string of the molecule is CCOCC(C)OC(C)=O.COC(=O)C(C)O. The van der Waals surface area contributed by atoms with Gasteiger partial charge in [-0.15, -0.1) is 0 Å². The Morgan fingerprint density at radius 3 is 2.06 bits per heavy atom. The van der Waals surface area contributed by atoms with Crippen molar-refractivity contribution in [1.82, 2.24) is 0 Å². The number of aliphatic hydroxyl groups excluding tert-OH is 1. The van der Waals surface area contributed by atoms with Crippen molar-refractivity contribution in [2.75, 3.05) is 20.3 Å². The molecule has 0 aromatic rings. The van der Waals surface area contributed by atoms with Crippen LogP contribution in [0.2, 0.25) is 0 Å². The van der Waals surface area contributed by atoms with Gasteiger partial charge in [0.25, 0.3) is 0 Å². The second-order valence-corrected chi connectivity index (χ2v) is 3.28. The maximum Gasteiger partial charge on any atom is 0.334 e. The van der Waals surface area contributed by atoms with Crippen molar-refractivity contribution in [2.45, 2.75) is 39.9 Å². The van der Waals surface area contributed by atoms with Crippen molar-refractivity contribution in [3.8, 4) is 0 Å². The second kappa shape index (κ2) is 11.3. The lowest BCUT2D eigenvalue weighted by molar-refractivity contribution is -0.149. The maximum atomic E-state index is 10.3. The summed E-state index contributed by atoms with van der Waals surface area (Å²) in [6, 6.07) is 0. The van der Waals surface area contributed by atoms with E-state index in [9.17, 15) is 9.59 Å². The van der Waals surface area contributed by atoms with Crippen LogP contribution in [0.4, 0.5) is 0 Å². The van der Waals surface area contributed by atoms with E-state index in [-0.39, 0.29) is 12.1 Å². The Balaban J connectivity index is 0. The van der Waals surface area contributed by atoms with Crippen LogP contribution >= 0.6 is 0 Å². The van der Waals surface area contributed by atoms with Crippen molar-refractivity contribution in [3.05, 3.63) is 0 Å². The van der Waals surface area contributed by atoms with E-state index >= 15 is 0 Å². The Morgan fingerprint density at radius 1 is 1.29 bits per heavy atom. The van der Waals surface area contributed by atoms with Crippen LogP contribution in [-0.4, -0.2) is 49.6 Å². The molecule has 0 aliphatic heterocycles. The molecule has 0 bridgehead atoms. The van der Waals surface area contributed by atoms with Crippen molar-refractivity contribution in [1.29, 1.82) is 0 Å². The Bertz CT molecular complexity index is 214. The lowest BCUT2D eigenvalue weighted by Gasteiger charge is -2.10. The fraction of sp³-hybridized carbons (Fsp3) is 0.818. The van der Waals surface area contributed by atoms with E-state index < -0.39 is 12.1 Å². The Kier molecular flexibility index (Phi) is 12.2. The van der Waals surface area contributed by atoms with Gasteiger partial charge in [0.2, 0.25) is 0 Å². The summed E-state index contributed by atoms with van der Waals surface area (Å²) in [6.07, 6.45) is -1.12. The van der Waals surface area contributed by atoms with Gasteiger partial charge in [-0.1, -0.05) is 0 Å². The van der Waals surface area contributed by atoms with Crippen LogP contribution in [-0.2, 0) is 23.8 Å². The predicted molar refractivity (Wildman–Crippen MR) is 61.4 cm³/mol. The van der Waals surface area contributed by atoms with E-state index in [1.165, 1.54) is 21.0 Å². The minimum atomic E-state index is -0.995.